The lowest BCUT2D eigenvalue weighted by atomic mass is 10.2. The van der Waals surface area contributed by atoms with Crippen molar-refractivity contribution in [2.24, 2.45) is 10.9 Å². The number of hydrogen-bond donors (Lipinski definition) is 2. The van der Waals surface area contributed by atoms with Crippen molar-refractivity contribution in [3.05, 3.63) is 71.8 Å². The third-order valence-corrected chi connectivity index (χ3v) is 3.89. The molecule has 0 radical (unpaired) electrons. The zero-order valence-corrected chi connectivity index (χ0v) is 18.2. The molecule has 1 amide bonds. The van der Waals surface area contributed by atoms with Crippen molar-refractivity contribution < 1.29 is 28.7 Å². The summed E-state index contributed by atoms with van der Waals surface area (Å²) >= 11 is 0. The van der Waals surface area contributed by atoms with Crippen LogP contribution in [0.25, 0.3) is 0 Å². The molecular weight excluding hydrogens is 414 g/mol. The van der Waals surface area contributed by atoms with E-state index in [9.17, 15) is 14.4 Å². The van der Waals surface area contributed by atoms with E-state index in [-0.39, 0.29) is 12.4 Å². The van der Waals surface area contributed by atoms with Gasteiger partial charge in [0.05, 0.1) is 6.42 Å². The second-order valence-electron chi connectivity index (χ2n) is 7.80. The van der Waals surface area contributed by atoms with E-state index in [0.717, 1.165) is 5.56 Å². The number of hydrogen-bond acceptors (Lipinski definition) is 7. The Morgan fingerprint density at radius 1 is 1.00 bits per heavy atom. The molecule has 170 valence electrons. The normalized spacial score (nSPS) is 12.4. The largest absolute Gasteiger partial charge is 0.459 e. The Kier molecular flexibility index (Phi) is 8.76. The highest BCUT2D eigenvalue weighted by Crippen LogP contribution is 2.09. The first-order valence-corrected chi connectivity index (χ1v) is 9.93. The van der Waals surface area contributed by atoms with Gasteiger partial charge in [0.1, 0.15) is 18.2 Å². The molecule has 0 aromatic heterocycles. The first-order valence-electron chi connectivity index (χ1n) is 9.93. The molecular formula is C23H27N3O6. The van der Waals surface area contributed by atoms with Gasteiger partial charge in [-0.2, -0.15) is 0 Å². The van der Waals surface area contributed by atoms with Gasteiger partial charge < -0.3 is 25.4 Å². The molecule has 3 N–H and O–H groups in total. The number of nitrogens with zero attached hydrogens (tertiary/aromatic N) is 1. The maximum Gasteiger partial charge on any atom is 0.408 e. The highest BCUT2D eigenvalue weighted by molar-refractivity contribution is 5.97. The number of carbonyl (C=O) groups excluding carboxylic acids is 3. The van der Waals surface area contributed by atoms with E-state index in [1.807, 2.05) is 6.07 Å². The molecule has 2 aromatic rings. The lowest BCUT2D eigenvalue weighted by Gasteiger charge is -2.22. The summed E-state index contributed by atoms with van der Waals surface area (Å²) in [6, 6.07) is 16.3. The summed E-state index contributed by atoms with van der Waals surface area (Å²) in [6.07, 6.45) is -1.41. The van der Waals surface area contributed by atoms with E-state index in [0.29, 0.717) is 5.56 Å². The number of rotatable bonds is 8. The Bertz CT molecular complexity index is 939. The van der Waals surface area contributed by atoms with Crippen molar-refractivity contribution in [2.45, 2.75) is 45.4 Å². The van der Waals surface area contributed by atoms with Crippen molar-refractivity contribution in [3.63, 3.8) is 0 Å². The number of alkyl carbamates (subject to hydrolysis) is 1. The molecule has 0 fully saturated rings. The van der Waals surface area contributed by atoms with Gasteiger partial charge in [0.15, 0.2) is 5.84 Å². The van der Waals surface area contributed by atoms with Crippen LogP contribution in [0.5, 0.6) is 0 Å². The van der Waals surface area contributed by atoms with E-state index in [1.54, 1.807) is 75.4 Å². The third kappa shape index (κ3) is 8.86. The number of oxime groups is 1. The number of nitrogens with one attached hydrogen (secondary N) is 1. The predicted molar refractivity (Wildman–Crippen MR) is 117 cm³/mol. The van der Waals surface area contributed by atoms with Crippen molar-refractivity contribution in [1.82, 2.24) is 5.32 Å². The van der Waals surface area contributed by atoms with Crippen LogP contribution in [0.1, 0.15) is 38.3 Å². The number of esters is 1. The summed E-state index contributed by atoms with van der Waals surface area (Å²) in [4.78, 5) is 41.7. The number of amides is 1. The Morgan fingerprint density at radius 3 is 2.19 bits per heavy atom. The van der Waals surface area contributed by atoms with Crippen molar-refractivity contribution in [1.29, 1.82) is 0 Å². The first kappa shape index (κ1) is 24.4. The summed E-state index contributed by atoms with van der Waals surface area (Å²) in [5.74, 6) is -1.72. The molecule has 9 nitrogen and oxygen atoms in total. The van der Waals surface area contributed by atoms with E-state index in [2.05, 4.69) is 10.5 Å². The smallest absolute Gasteiger partial charge is 0.408 e. The van der Waals surface area contributed by atoms with Crippen LogP contribution in [0, 0.1) is 0 Å². The van der Waals surface area contributed by atoms with Gasteiger partial charge in [-0.15, -0.1) is 0 Å². The minimum Gasteiger partial charge on any atom is -0.459 e. The summed E-state index contributed by atoms with van der Waals surface area (Å²) in [5.41, 5.74) is 6.30. The molecule has 2 aromatic carbocycles. The van der Waals surface area contributed by atoms with Gasteiger partial charge in [-0.25, -0.2) is 14.4 Å². The fourth-order valence-corrected chi connectivity index (χ4v) is 2.44. The number of amidine groups is 1. The topological polar surface area (TPSA) is 129 Å². The van der Waals surface area contributed by atoms with Crippen molar-refractivity contribution in [2.75, 3.05) is 0 Å². The molecule has 0 saturated carbocycles. The highest BCUT2D eigenvalue weighted by atomic mass is 16.7. The van der Waals surface area contributed by atoms with Crippen LogP contribution in [-0.2, 0) is 30.5 Å². The zero-order chi connectivity index (χ0) is 23.6. The van der Waals surface area contributed by atoms with Crippen LogP contribution in [-0.4, -0.2) is 35.5 Å². The molecule has 0 unspecified atom stereocenters. The van der Waals surface area contributed by atoms with E-state index in [1.165, 1.54) is 0 Å². The minimum atomic E-state index is -1.34. The van der Waals surface area contributed by atoms with Crippen molar-refractivity contribution >= 4 is 23.9 Å². The van der Waals surface area contributed by atoms with Gasteiger partial charge in [0.2, 0.25) is 0 Å². The summed E-state index contributed by atoms with van der Waals surface area (Å²) in [7, 11) is 0. The molecule has 9 heteroatoms. The number of ether oxygens (including phenoxy) is 2. The highest BCUT2D eigenvalue weighted by Gasteiger charge is 2.29. The maximum atomic E-state index is 12.6. The molecule has 0 aliphatic heterocycles. The molecule has 1 atom stereocenters. The Hall–Kier alpha value is -3.88. The standard InChI is InChI=1S/C23H27N3O6/c1-23(2,3)31-22(29)25-18(21(28)30-15-16-10-6-4-7-11-16)14-19(27)32-26-20(24)17-12-8-5-9-13-17/h4-13,18H,14-15H2,1-3H3,(H2,24,26)(H,25,29)/t18-/m0/s1. The van der Waals surface area contributed by atoms with E-state index >= 15 is 0 Å². The molecule has 0 spiro atoms. The van der Waals surface area contributed by atoms with Crippen molar-refractivity contribution in [3.8, 4) is 0 Å². The number of nitrogens with two attached hydrogens (primary N) is 1. The minimum absolute atomic E-state index is 0.0118. The van der Waals surface area contributed by atoms with Gasteiger partial charge in [0.25, 0.3) is 0 Å². The second-order valence-corrected chi connectivity index (χ2v) is 7.80. The summed E-state index contributed by atoms with van der Waals surface area (Å²) in [6.45, 7) is 4.99. The average molecular weight is 441 g/mol. The van der Waals surface area contributed by atoms with Gasteiger partial charge >= 0.3 is 18.0 Å². The van der Waals surface area contributed by atoms with Gasteiger partial charge in [-0.3, -0.25) is 0 Å². The quantitative estimate of drug-likeness (QED) is 0.212. The predicted octanol–water partition coefficient (Wildman–Crippen LogP) is 2.88. The number of benzene rings is 2. The van der Waals surface area contributed by atoms with Gasteiger partial charge in [-0.1, -0.05) is 65.8 Å². The Balaban J connectivity index is 2.02. The Labute approximate surface area is 186 Å². The lowest BCUT2D eigenvalue weighted by Crippen LogP contribution is -2.45. The third-order valence-electron chi connectivity index (χ3n) is 3.89. The second kappa shape index (κ2) is 11.5. The maximum absolute atomic E-state index is 12.6. The van der Waals surface area contributed by atoms with Crippen LogP contribution in [0.4, 0.5) is 4.79 Å². The lowest BCUT2D eigenvalue weighted by molar-refractivity contribution is -0.153. The van der Waals surface area contributed by atoms with Crippen LogP contribution < -0.4 is 11.1 Å². The van der Waals surface area contributed by atoms with Crippen LogP contribution in [0.15, 0.2) is 65.8 Å². The zero-order valence-electron chi connectivity index (χ0n) is 18.2. The SMILES string of the molecule is CC(C)(C)OC(=O)N[C@@H](CC(=O)ON=C(N)c1ccccc1)C(=O)OCc1ccccc1. The monoisotopic (exact) mass is 441 g/mol. The van der Waals surface area contributed by atoms with E-state index < -0.39 is 36.1 Å². The van der Waals surface area contributed by atoms with Crippen LogP contribution in [0.2, 0.25) is 0 Å². The van der Waals surface area contributed by atoms with Gasteiger partial charge in [-0.05, 0) is 26.3 Å². The molecule has 2 rings (SSSR count). The van der Waals surface area contributed by atoms with Gasteiger partial charge in [0, 0.05) is 5.56 Å². The Morgan fingerprint density at radius 2 is 1.59 bits per heavy atom. The fourth-order valence-electron chi connectivity index (χ4n) is 2.44. The summed E-state index contributed by atoms with van der Waals surface area (Å²) < 4.78 is 10.4. The molecule has 0 aliphatic rings. The first-order chi connectivity index (χ1) is 15.1. The molecule has 0 aliphatic carbocycles. The molecule has 32 heavy (non-hydrogen) atoms. The average Bonchev–Trinajstić information content (AvgIpc) is 2.75. The van der Waals surface area contributed by atoms with Crippen LogP contribution >= 0.6 is 0 Å². The van der Waals surface area contributed by atoms with Crippen LogP contribution in [0.3, 0.4) is 0 Å². The number of carbonyl (C=O) groups is 3. The summed E-state index contributed by atoms with van der Waals surface area (Å²) in [5, 5.41) is 5.93. The molecule has 0 saturated heterocycles. The molecule has 0 heterocycles. The van der Waals surface area contributed by atoms with E-state index in [4.69, 9.17) is 20.0 Å². The fraction of sp³-hybridized carbons (Fsp3) is 0.304. The molecule has 0 bridgehead atoms.